The van der Waals surface area contributed by atoms with E-state index in [1.165, 1.54) is 29.6 Å². The number of halogens is 1. The number of aromatic amines is 1. The molecule has 4 rings (SSSR count). The lowest BCUT2D eigenvalue weighted by atomic mass is 10.1. The molecule has 0 radical (unpaired) electrons. The van der Waals surface area contributed by atoms with Crippen LogP contribution in [0.25, 0.3) is 22.3 Å². The standard InChI is InChI=1S/C22H19FN4O2/c1-13-4-3-5-14(8-13)11-27(2)21-17-10-19(26-20(17)24-12-25-21)15-6-7-16(22(28)29)18(23)9-15/h3-10,12H,11H2,1-2H3,(H,28,29)(H,24,25,26). The number of hydrogen-bond donors (Lipinski definition) is 2. The van der Waals surface area contributed by atoms with Crippen LogP contribution in [0, 0.1) is 12.7 Å². The van der Waals surface area contributed by atoms with Crippen LogP contribution in [-0.2, 0) is 6.54 Å². The molecule has 2 N–H and O–H groups in total. The quantitative estimate of drug-likeness (QED) is 0.528. The predicted octanol–water partition coefficient (Wildman–Crippen LogP) is 4.41. The van der Waals surface area contributed by atoms with Gasteiger partial charge in [0.1, 0.15) is 23.6 Å². The lowest BCUT2D eigenvalue weighted by Crippen LogP contribution is -2.18. The highest BCUT2D eigenvalue weighted by Crippen LogP contribution is 2.29. The van der Waals surface area contributed by atoms with E-state index in [2.05, 4.69) is 40.1 Å². The molecular weight excluding hydrogens is 371 g/mol. The van der Waals surface area contributed by atoms with E-state index in [0.29, 0.717) is 23.4 Å². The van der Waals surface area contributed by atoms with Crippen molar-refractivity contribution in [2.45, 2.75) is 13.5 Å². The van der Waals surface area contributed by atoms with Crippen LogP contribution in [0.2, 0.25) is 0 Å². The molecule has 0 aliphatic heterocycles. The maximum Gasteiger partial charge on any atom is 0.338 e. The zero-order valence-electron chi connectivity index (χ0n) is 16.0. The number of benzene rings is 2. The van der Waals surface area contributed by atoms with Gasteiger partial charge >= 0.3 is 5.97 Å². The largest absolute Gasteiger partial charge is 0.478 e. The van der Waals surface area contributed by atoms with E-state index < -0.39 is 11.8 Å². The second-order valence-electron chi connectivity index (χ2n) is 6.99. The molecule has 29 heavy (non-hydrogen) atoms. The number of carboxylic acids is 1. The monoisotopic (exact) mass is 390 g/mol. The molecule has 0 saturated carbocycles. The second kappa shape index (κ2) is 7.35. The number of carbonyl (C=O) groups is 1. The summed E-state index contributed by atoms with van der Waals surface area (Å²) in [5, 5.41) is 9.81. The Hall–Kier alpha value is -3.74. The van der Waals surface area contributed by atoms with E-state index in [4.69, 9.17) is 5.11 Å². The van der Waals surface area contributed by atoms with Gasteiger partial charge in [-0.15, -0.1) is 0 Å². The molecule has 146 valence electrons. The number of H-pyrrole nitrogens is 1. The van der Waals surface area contributed by atoms with Crippen LogP contribution in [0.15, 0.2) is 54.9 Å². The molecule has 2 aromatic carbocycles. The second-order valence-corrected chi connectivity index (χ2v) is 6.99. The third-order valence-electron chi connectivity index (χ3n) is 4.78. The van der Waals surface area contributed by atoms with Crippen molar-refractivity contribution in [3.8, 4) is 11.3 Å². The molecule has 0 spiro atoms. The summed E-state index contributed by atoms with van der Waals surface area (Å²) in [5.41, 5.74) is 3.81. The third-order valence-corrected chi connectivity index (χ3v) is 4.78. The minimum Gasteiger partial charge on any atom is -0.478 e. The van der Waals surface area contributed by atoms with Crippen LogP contribution in [0.3, 0.4) is 0 Å². The minimum absolute atomic E-state index is 0.358. The molecule has 7 heteroatoms. The fourth-order valence-electron chi connectivity index (χ4n) is 3.40. The number of aromatic carboxylic acids is 1. The van der Waals surface area contributed by atoms with Crippen LogP contribution in [-0.4, -0.2) is 33.1 Å². The lowest BCUT2D eigenvalue weighted by molar-refractivity contribution is 0.0692. The van der Waals surface area contributed by atoms with Gasteiger partial charge in [0.05, 0.1) is 10.9 Å². The minimum atomic E-state index is -1.29. The summed E-state index contributed by atoms with van der Waals surface area (Å²) in [4.78, 5) is 24.9. The Bertz CT molecular complexity index is 1220. The summed E-state index contributed by atoms with van der Waals surface area (Å²) < 4.78 is 14.1. The molecule has 0 saturated heterocycles. The highest BCUT2D eigenvalue weighted by Gasteiger charge is 2.15. The number of rotatable bonds is 5. The van der Waals surface area contributed by atoms with Crippen molar-refractivity contribution >= 4 is 22.8 Å². The van der Waals surface area contributed by atoms with Crippen molar-refractivity contribution in [2.75, 3.05) is 11.9 Å². The average molecular weight is 390 g/mol. The number of aromatic nitrogens is 3. The summed E-state index contributed by atoms with van der Waals surface area (Å²) in [7, 11) is 1.96. The van der Waals surface area contributed by atoms with Crippen molar-refractivity contribution in [3.05, 3.63) is 77.4 Å². The molecule has 0 amide bonds. The van der Waals surface area contributed by atoms with Gasteiger partial charge in [-0.25, -0.2) is 19.2 Å². The van der Waals surface area contributed by atoms with Gasteiger partial charge < -0.3 is 15.0 Å². The molecule has 0 fully saturated rings. The van der Waals surface area contributed by atoms with Gasteiger partial charge in [0.25, 0.3) is 0 Å². The molecular formula is C22H19FN4O2. The predicted molar refractivity (Wildman–Crippen MR) is 110 cm³/mol. The topological polar surface area (TPSA) is 82.1 Å². The van der Waals surface area contributed by atoms with Gasteiger partial charge in [-0.3, -0.25) is 0 Å². The first-order chi connectivity index (χ1) is 13.9. The Morgan fingerprint density at radius 3 is 2.72 bits per heavy atom. The number of aryl methyl sites for hydroxylation is 1. The summed E-state index contributed by atoms with van der Waals surface area (Å²) in [5.74, 6) is -1.32. The lowest BCUT2D eigenvalue weighted by Gasteiger charge is -2.19. The van der Waals surface area contributed by atoms with Crippen LogP contribution in [0.5, 0.6) is 0 Å². The maximum atomic E-state index is 14.1. The van der Waals surface area contributed by atoms with Crippen LogP contribution in [0.1, 0.15) is 21.5 Å². The molecule has 0 aliphatic rings. The van der Waals surface area contributed by atoms with Crippen LogP contribution < -0.4 is 4.90 Å². The number of nitrogens with one attached hydrogen (secondary N) is 1. The number of anilines is 1. The molecule has 4 aromatic rings. The van der Waals surface area contributed by atoms with Crippen LogP contribution in [0.4, 0.5) is 10.2 Å². The fourth-order valence-corrected chi connectivity index (χ4v) is 3.40. The Balaban J connectivity index is 1.70. The highest BCUT2D eigenvalue weighted by molar-refractivity contribution is 5.92. The van der Waals surface area contributed by atoms with Crippen molar-refractivity contribution in [1.82, 2.24) is 15.0 Å². The summed E-state index contributed by atoms with van der Waals surface area (Å²) >= 11 is 0. The molecule has 2 heterocycles. The van der Waals surface area contributed by atoms with Gasteiger partial charge in [0, 0.05) is 24.8 Å². The van der Waals surface area contributed by atoms with Gasteiger partial charge in [0.2, 0.25) is 0 Å². The number of carboxylic acid groups (broad SMARTS) is 1. The fraction of sp³-hybridized carbons (Fsp3) is 0.136. The van der Waals surface area contributed by atoms with Crippen molar-refractivity contribution < 1.29 is 14.3 Å². The molecule has 6 nitrogen and oxygen atoms in total. The SMILES string of the molecule is Cc1cccc(CN(C)c2ncnc3[nH]c(-c4ccc(C(=O)O)c(F)c4)cc23)c1. The smallest absolute Gasteiger partial charge is 0.338 e. The first-order valence-electron chi connectivity index (χ1n) is 9.06. The molecule has 0 bridgehead atoms. The molecule has 0 atom stereocenters. The van der Waals surface area contributed by atoms with Gasteiger partial charge in [0.15, 0.2) is 0 Å². The average Bonchev–Trinajstić information content (AvgIpc) is 3.12. The van der Waals surface area contributed by atoms with Crippen LogP contribution >= 0.6 is 0 Å². The van der Waals surface area contributed by atoms with E-state index in [9.17, 15) is 9.18 Å². The van der Waals surface area contributed by atoms with Gasteiger partial charge in [-0.1, -0.05) is 35.9 Å². The van der Waals surface area contributed by atoms with E-state index in [0.717, 1.165) is 11.2 Å². The van der Waals surface area contributed by atoms with E-state index in [-0.39, 0.29) is 5.56 Å². The Kier molecular flexibility index (Phi) is 4.72. The Morgan fingerprint density at radius 1 is 1.17 bits per heavy atom. The Morgan fingerprint density at radius 2 is 2.00 bits per heavy atom. The molecule has 0 aliphatic carbocycles. The normalized spacial score (nSPS) is 11.0. The maximum absolute atomic E-state index is 14.1. The molecule has 0 unspecified atom stereocenters. The van der Waals surface area contributed by atoms with E-state index >= 15 is 0 Å². The van der Waals surface area contributed by atoms with E-state index in [1.807, 2.05) is 24.1 Å². The van der Waals surface area contributed by atoms with Crippen molar-refractivity contribution in [1.29, 1.82) is 0 Å². The summed E-state index contributed by atoms with van der Waals surface area (Å²) in [6.07, 6.45) is 1.48. The third kappa shape index (κ3) is 3.67. The van der Waals surface area contributed by atoms with Gasteiger partial charge in [-0.2, -0.15) is 0 Å². The Labute approximate surface area is 166 Å². The number of nitrogens with zero attached hydrogens (tertiary/aromatic N) is 3. The summed E-state index contributed by atoms with van der Waals surface area (Å²) in [6, 6.07) is 14.2. The number of fused-ring (bicyclic) bond motifs is 1. The highest BCUT2D eigenvalue weighted by atomic mass is 19.1. The first-order valence-corrected chi connectivity index (χ1v) is 9.06. The zero-order valence-corrected chi connectivity index (χ0v) is 16.0. The van der Waals surface area contributed by atoms with E-state index in [1.54, 1.807) is 6.07 Å². The zero-order chi connectivity index (χ0) is 20.5. The van der Waals surface area contributed by atoms with Crippen molar-refractivity contribution in [2.24, 2.45) is 0 Å². The number of hydrogen-bond acceptors (Lipinski definition) is 4. The summed E-state index contributed by atoms with van der Waals surface area (Å²) in [6.45, 7) is 2.73. The first kappa shape index (κ1) is 18.6. The van der Waals surface area contributed by atoms with Crippen molar-refractivity contribution in [3.63, 3.8) is 0 Å². The van der Waals surface area contributed by atoms with Gasteiger partial charge in [-0.05, 0) is 30.7 Å². The molecule has 2 aromatic heterocycles.